The van der Waals surface area contributed by atoms with Gasteiger partial charge in [-0.15, -0.1) is 0 Å². The molecule has 0 aromatic heterocycles. The highest BCUT2D eigenvalue weighted by Gasteiger charge is 2.64. The Bertz CT molecular complexity index is 1660. The molecule has 4 rings (SSSR count). The normalized spacial score (nSPS) is 25.0. The molecule has 1 amide bonds. The molecule has 8 N–H and O–H groups in total. The fourth-order valence-corrected chi connectivity index (χ4v) is 6.87. The van der Waals surface area contributed by atoms with Crippen LogP contribution in [0.1, 0.15) is 51.7 Å². The minimum Gasteiger partial charge on any atom is -0.508 e. The van der Waals surface area contributed by atoms with Gasteiger partial charge in [-0.05, 0) is 65.6 Å². The van der Waals surface area contributed by atoms with E-state index in [-0.39, 0.29) is 36.1 Å². The van der Waals surface area contributed by atoms with Crippen LogP contribution in [-0.4, -0.2) is 103 Å². The third kappa shape index (κ3) is 6.05. The highest BCUT2D eigenvalue weighted by molar-refractivity contribution is 7.79. The van der Waals surface area contributed by atoms with E-state index in [2.05, 4.69) is 0 Å². The number of fused-ring (bicyclic) bond motifs is 3. The Hall–Kier alpha value is -4.10. The summed E-state index contributed by atoms with van der Waals surface area (Å²) >= 11 is 0. The van der Waals surface area contributed by atoms with E-state index in [0.29, 0.717) is 17.7 Å². The molecule has 0 saturated heterocycles. The molecule has 1 fully saturated rings. The van der Waals surface area contributed by atoms with Crippen molar-refractivity contribution < 1.29 is 57.3 Å². The standard InChI is InChI=1S/C28H36N4O9.H2O4S/c1-7-12(4)31(11(2)3)16-10-17(32(40)41)22(33)19-14(16)8-13-9-15-21(30(5)6)24(35)20(27(29)38)26(37)28(15,39)25(36)18(13)23(19)34;1-5(2,3)4/h10-13,15,21,33-34,37,39H,7-9H2,1-6H3,(H2,29,38);(H2,1,2,3,4)/t12?,13?,15?,21-,28-;/m0./s1. The van der Waals surface area contributed by atoms with E-state index in [1.807, 2.05) is 32.6 Å². The first-order valence-electron chi connectivity index (χ1n) is 14.2. The maximum absolute atomic E-state index is 14.0. The molecule has 0 bridgehead atoms. The monoisotopic (exact) mass is 670 g/mol. The second-order valence-electron chi connectivity index (χ2n) is 12.0. The number of nitrogens with zero attached hydrogens (tertiary/aromatic N) is 3. The van der Waals surface area contributed by atoms with Gasteiger partial charge in [-0.25, -0.2) is 0 Å². The predicted octanol–water partition coefficient (Wildman–Crippen LogP) is 1.23. The van der Waals surface area contributed by atoms with Crippen molar-refractivity contribution in [2.24, 2.45) is 17.6 Å². The highest BCUT2D eigenvalue weighted by Crippen LogP contribution is 2.55. The quantitative estimate of drug-likeness (QED) is 0.0929. The van der Waals surface area contributed by atoms with E-state index in [1.165, 1.54) is 25.1 Å². The molecule has 5 atom stereocenters. The van der Waals surface area contributed by atoms with Crippen LogP contribution in [0.5, 0.6) is 5.75 Å². The maximum atomic E-state index is 14.0. The van der Waals surface area contributed by atoms with E-state index in [4.69, 9.17) is 23.3 Å². The van der Waals surface area contributed by atoms with Gasteiger partial charge in [0.1, 0.15) is 17.1 Å². The molecule has 3 aliphatic carbocycles. The van der Waals surface area contributed by atoms with Gasteiger partial charge in [0.2, 0.25) is 11.5 Å². The average molecular weight is 671 g/mol. The molecule has 0 heterocycles. The topological polar surface area (TPSA) is 282 Å². The molecule has 254 valence electrons. The fourth-order valence-electron chi connectivity index (χ4n) is 6.87. The van der Waals surface area contributed by atoms with Gasteiger partial charge in [0, 0.05) is 35.3 Å². The molecular formula is C28H38N4O13S. The summed E-state index contributed by atoms with van der Waals surface area (Å²) in [4.78, 5) is 54.0. The average Bonchev–Trinajstić information content (AvgIpc) is 2.90. The third-order valence-electron chi connectivity index (χ3n) is 8.77. The van der Waals surface area contributed by atoms with Gasteiger partial charge in [-0.1, -0.05) is 6.92 Å². The Balaban J connectivity index is 0.00000107. The van der Waals surface area contributed by atoms with Crippen LogP contribution in [-0.2, 0) is 31.2 Å². The molecule has 3 unspecified atom stereocenters. The van der Waals surface area contributed by atoms with E-state index in [9.17, 15) is 44.9 Å². The number of aromatic hydroxyl groups is 1. The number of Topliss-reactive ketones (excluding diaryl/α,β-unsaturated/α-hetero) is 2. The number of benzene rings is 1. The molecule has 46 heavy (non-hydrogen) atoms. The molecule has 1 saturated carbocycles. The van der Waals surface area contributed by atoms with Gasteiger partial charge in [-0.2, -0.15) is 8.42 Å². The zero-order chi connectivity index (χ0) is 35.4. The SMILES string of the molecule is CCC(C)N(c1cc([N+](=O)[O-])c(O)c2c1CC1CC3[C@H](N(C)C)C(=O)C(C(N)=O)=C(O)[C@@]3(O)C(=O)C1=C2O)C(C)C.O=S(=O)(O)O. The van der Waals surface area contributed by atoms with E-state index >= 15 is 0 Å². The highest BCUT2D eigenvalue weighted by atomic mass is 32.3. The lowest BCUT2D eigenvalue weighted by Crippen LogP contribution is -2.65. The first kappa shape index (κ1) is 36.4. The van der Waals surface area contributed by atoms with Crippen molar-refractivity contribution in [2.75, 3.05) is 19.0 Å². The summed E-state index contributed by atoms with van der Waals surface area (Å²) < 4.78 is 31.6. The number of hydrogen-bond donors (Lipinski definition) is 7. The minimum absolute atomic E-state index is 0.0368. The first-order chi connectivity index (χ1) is 21.0. The van der Waals surface area contributed by atoms with Crippen molar-refractivity contribution in [3.8, 4) is 5.75 Å². The Morgan fingerprint density at radius 1 is 1.17 bits per heavy atom. The number of amides is 1. The number of ketones is 2. The number of phenolic OH excluding ortho intramolecular Hbond substituents is 1. The van der Waals surface area contributed by atoms with Crippen LogP contribution in [0.3, 0.4) is 0 Å². The molecule has 1 aromatic carbocycles. The Kier molecular flexibility index (Phi) is 9.96. The molecule has 0 spiro atoms. The molecule has 17 nitrogen and oxygen atoms in total. The number of likely N-dealkylation sites (N-methyl/N-ethyl adjacent to an activating group) is 1. The summed E-state index contributed by atoms with van der Waals surface area (Å²) in [6, 6.07) is -0.158. The minimum atomic E-state index is -4.67. The number of phenols is 1. The largest absolute Gasteiger partial charge is 0.508 e. The Morgan fingerprint density at radius 3 is 2.15 bits per heavy atom. The van der Waals surface area contributed by atoms with Gasteiger partial charge in [0.05, 0.1) is 16.5 Å². The second-order valence-corrected chi connectivity index (χ2v) is 12.9. The van der Waals surface area contributed by atoms with Crippen molar-refractivity contribution in [1.29, 1.82) is 0 Å². The lowest BCUT2D eigenvalue weighted by atomic mass is 9.57. The summed E-state index contributed by atoms with van der Waals surface area (Å²) in [7, 11) is -1.62. The molecule has 1 aromatic rings. The second kappa shape index (κ2) is 12.6. The maximum Gasteiger partial charge on any atom is 0.394 e. The smallest absolute Gasteiger partial charge is 0.394 e. The fraction of sp³-hybridized carbons (Fsp3) is 0.536. The van der Waals surface area contributed by atoms with Crippen LogP contribution >= 0.6 is 0 Å². The number of carbonyl (C=O) groups is 3. The van der Waals surface area contributed by atoms with Gasteiger partial charge in [0.25, 0.3) is 5.91 Å². The number of hydrogen-bond acceptors (Lipinski definition) is 13. The first-order valence-corrected chi connectivity index (χ1v) is 15.6. The molecule has 3 aliphatic rings. The zero-order valence-electron chi connectivity index (χ0n) is 26.0. The number of carbonyl (C=O) groups excluding carboxylic acids is 3. The Morgan fingerprint density at radius 2 is 1.72 bits per heavy atom. The summed E-state index contributed by atoms with van der Waals surface area (Å²) in [6.07, 6.45) is 0.648. The molecule has 0 radical (unpaired) electrons. The zero-order valence-corrected chi connectivity index (χ0v) is 26.8. The lowest BCUT2D eigenvalue weighted by molar-refractivity contribution is -0.385. The van der Waals surface area contributed by atoms with Crippen LogP contribution in [0.2, 0.25) is 0 Å². The number of nitro groups is 1. The number of anilines is 1. The van der Waals surface area contributed by atoms with E-state index in [1.54, 1.807) is 0 Å². The van der Waals surface area contributed by atoms with Crippen molar-refractivity contribution in [1.82, 2.24) is 4.90 Å². The number of nitrogens with two attached hydrogens (primary N) is 1. The summed E-state index contributed by atoms with van der Waals surface area (Å²) in [6.45, 7) is 7.72. The van der Waals surface area contributed by atoms with Crippen LogP contribution in [0.4, 0.5) is 11.4 Å². The van der Waals surface area contributed by atoms with Crippen LogP contribution < -0.4 is 10.6 Å². The van der Waals surface area contributed by atoms with Gasteiger partial charge >= 0.3 is 16.1 Å². The van der Waals surface area contributed by atoms with Crippen LogP contribution in [0.15, 0.2) is 23.0 Å². The summed E-state index contributed by atoms with van der Waals surface area (Å²) in [5.74, 6) is -8.15. The summed E-state index contributed by atoms with van der Waals surface area (Å²) in [5.41, 5.74) is 1.10. The third-order valence-corrected chi connectivity index (χ3v) is 8.77. The molecular weight excluding hydrogens is 632 g/mol. The lowest BCUT2D eigenvalue weighted by Gasteiger charge is -2.50. The van der Waals surface area contributed by atoms with Gasteiger partial charge in [0.15, 0.2) is 11.4 Å². The number of primary amides is 1. The number of rotatable bonds is 7. The molecule has 18 heteroatoms. The van der Waals surface area contributed by atoms with Crippen LogP contribution in [0, 0.1) is 22.0 Å². The number of aliphatic hydroxyl groups excluding tert-OH is 2. The number of aliphatic hydroxyl groups is 3. The van der Waals surface area contributed by atoms with Gasteiger partial charge < -0.3 is 31.1 Å². The molecule has 0 aliphatic heterocycles. The predicted molar refractivity (Wildman–Crippen MR) is 162 cm³/mol. The van der Waals surface area contributed by atoms with Crippen molar-refractivity contribution >= 4 is 45.0 Å². The Labute approximate surface area is 264 Å². The van der Waals surface area contributed by atoms with Gasteiger partial charge in [-0.3, -0.25) is 38.5 Å². The number of nitro benzene ring substituents is 1. The van der Waals surface area contributed by atoms with E-state index < -0.39 is 84.8 Å². The van der Waals surface area contributed by atoms with Crippen molar-refractivity contribution in [3.63, 3.8) is 0 Å². The van der Waals surface area contributed by atoms with Crippen molar-refractivity contribution in [3.05, 3.63) is 44.2 Å². The summed E-state index contributed by atoms with van der Waals surface area (Å²) in [5, 5.41) is 57.2. The van der Waals surface area contributed by atoms with Crippen LogP contribution in [0.25, 0.3) is 5.76 Å². The van der Waals surface area contributed by atoms with Crippen molar-refractivity contribution in [2.45, 2.75) is 70.7 Å². The van der Waals surface area contributed by atoms with E-state index in [0.717, 1.165) is 0 Å².